The van der Waals surface area contributed by atoms with Crippen LogP contribution in [0.4, 0.5) is 10.1 Å². The molecule has 2 nitrogen and oxygen atoms in total. The second-order valence-corrected chi connectivity index (χ2v) is 2.32. The number of nitrogens with zero attached hydrogens (tertiary/aromatic N) is 1. The highest BCUT2D eigenvalue weighted by molar-refractivity contribution is 6.29. The molecule has 0 radical (unpaired) electrons. The Morgan fingerprint density at radius 3 is 2.80 bits per heavy atom. The lowest BCUT2D eigenvalue weighted by atomic mass is 10.3. The highest BCUT2D eigenvalue weighted by Gasteiger charge is 2.03. The molecule has 0 aliphatic heterocycles. The molecule has 0 amide bonds. The fourth-order valence-electron chi connectivity index (χ4n) is 0.642. The van der Waals surface area contributed by atoms with Crippen molar-refractivity contribution in [2.45, 2.75) is 6.92 Å². The number of rotatable bonds is 0. The van der Waals surface area contributed by atoms with Gasteiger partial charge >= 0.3 is 0 Å². The Hall–Kier alpha value is -0.830. The van der Waals surface area contributed by atoms with Gasteiger partial charge in [-0.1, -0.05) is 11.6 Å². The van der Waals surface area contributed by atoms with E-state index in [0.29, 0.717) is 0 Å². The summed E-state index contributed by atoms with van der Waals surface area (Å²) in [5, 5.41) is 0.219. The number of hydrogen-bond donors (Lipinski definition) is 1. The maximum atomic E-state index is 12.7. The van der Waals surface area contributed by atoms with E-state index < -0.39 is 5.82 Å². The van der Waals surface area contributed by atoms with E-state index in [-0.39, 0.29) is 16.5 Å². The molecule has 1 aromatic rings. The predicted molar refractivity (Wildman–Crippen MR) is 38.4 cm³/mol. The van der Waals surface area contributed by atoms with Gasteiger partial charge in [-0.3, -0.25) is 0 Å². The van der Waals surface area contributed by atoms with E-state index in [9.17, 15) is 4.39 Å². The van der Waals surface area contributed by atoms with Gasteiger partial charge in [0.05, 0.1) is 11.4 Å². The average molecular weight is 161 g/mol. The summed E-state index contributed by atoms with van der Waals surface area (Å²) < 4.78 is 12.7. The number of aryl methyl sites for hydroxylation is 1. The molecular formula is C6H6ClFN2. The van der Waals surface area contributed by atoms with E-state index >= 15 is 0 Å². The van der Waals surface area contributed by atoms with Crippen LogP contribution in [0.25, 0.3) is 0 Å². The summed E-state index contributed by atoms with van der Waals surface area (Å²) in [5.74, 6) is -0.496. The summed E-state index contributed by atoms with van der Waals surface area (Å²) in [4.78, 5) is 3.64. The van der Waals surface area contributed by atoms with Crippen molar-refractivity contribution in [1.29, 1.82) is 0 Å². The first-order valence-electron chi connectivity index (χ1n) is 2.69. The Kier molecular flexibility index (Phi) is 1.76. The van der Waals surface area contributed by atoms with Gasteiger partial charge in [-0.2, -0.15) is 0 Å². The lowest BCUT2D eigenvalue weighted by molar-refractivity contribution is 0.615. The molecule has 1 aromatic heterocycles. The third-order valence-electron chi connectivity index (χ3n) is 1.12. The van der Waals surface area contributed by atoms with Crippen molar-refractivity contribution in [3.8, 4) is 0 Å². The smallest absolute Gasteiger partial charge is 0.167 e. The van der Waals surface area contributed by atoms with E-state index in [1.54, 1.807) is 0 Å². The van der Waals surface area contributed by atoms with Gasteiger partial charge in [-0.25, -0.2) is 9.37 Å². The summed E-state index contributed by atoms with van der Waals surface area (Å²) >= 11 is 5.46. The van der Waals surface area contributed by atoms with Crippen LogP contribution in [0.3, 0.4) is 0 Å². The third-order valence-corrected chi connectivity index (χ3v) is 1.31. The number of anilines is 1. The van der Waals surface area contributed by atoms with E-state index in [1.807, 2.05) is 0 Å². The molecule has 0 aliphatic carbocycles. The Morgan fingerprint density at radius 1 is 1.70 bits per heavy atom. The number of pyridine rings is 1. The number of nitrogens with two attached hydrogens (primary N) is 1. The van der Waals surface area contributed by atoms with Crippen LogP contribution in [0, 0.1) is 12.7 Å². The van der Waals surface area contributed by atoms with Crippen molar-refractivity contribution < 1.29 is 4.39 Å². The van der Waals surface area contributed by atoms with Crippen LogP contribution in [0.2, 0.25) is 5.15 Å². The number of hydrogen-bond acceptors (Lipinski definition) is 2. The molecule has 0 aromatic carbocycles. The summed E-state index contributed by atoms with van der Waals surface area (Å²) in [5.41, 5.74) is 5.49. The Bertz CT molecular complexity index is 239. The minimum Gasteiger partial charge on any atom is -0.396 e. The Labute approximate surface area is 62.8 Å². The molecule has 0 saturated carbocycles. The van der Waals surface area contributed by atoms with Crippen molar-refractivity contribution in [3.63, 3.8) is 0 Å². The summed E-state index contributed by atoms with van der Waals surface area (Å²) in [6, 6.07) is 1.28. The van der Waals surface area contributed by atoms with Crippen molar-refractivity contribution >= 4 is 17.3 Å². The van der Waals surface area contributed by atoms with Crippen molar-refractivity contribution in [2.24, 2.45) is 0 Å². The largest absolute Gasteiger partial charge is 0.396 e. The summed E-state index contributed by atoms with van der Waals surface area (Å²) in [6.07, 6.45) is 0. The number of aromatic nitrogens is 1. The normalized spacial score (nSPS) is 9.90. The van der Waals surface area contributed by atoms with Crippen LogP contribution in [-0.2, 0) is 0 Å². The topological polar surface area (TPSA) is 38.9 Å². The zero-order valence-electron chi connectivity index (χ0n) is 5.36. The van der Waals surface area contributed by atoms with Crippen LogP contribution >= 0.6 is 11.6 Å². The molecule has 0 saturated heterocycles. The molecule has 0 fully saturated rings. The zero-order valence-corrected chi connectivity index (χ0v) is 6.11. The highest BCUT2D eigenvalue weighted by Crippen LogP contribution is 2.16. The van der Waals surface area contributed by atoms with Crippen LogP contribution < -0.4 is 5.73 Å². The van der Waals surface area contributed by atoms with Crippen molar-refractivity contribution in [1.82, 2.24) is 4.98 Å². The minimum absolute atomic E-state index is 0.0394. The standard InChI is InChI=1S/C6H6ClFN2/c1-3-6(8)4(9)2-5(7)10-3/h2H,1H3,(H2,9,10). The molecule has 2 N–H and O–H groups in total. The van der Waals surface area contributed by atoms with E-state index in [0.717, 1.165) is 0 Å². The molecule has 0 aliphatic rings. The maximum Gasteiger partial charge on any atom is 0.167 e. The van der Waals surface area contributed by atoms with Gasteiger partial charge in [0.15, 0.2) is 5.82 Å². The van der Waals surface area contributed by atoms with Crippen LogP contribution in [0.5, 0.6) is 0 Å². The maximum absolute atomic E-state index is 12.7. The van der Waals surface area contributed by atoms with E-state index in [4.69, 9.17) is 17.3 Å². The van der Waals surface area contributed by atoms with Crippen LogP contribution in [0.15, 0.2) is 6.07 Å². The van der Waals surface area contributed by atoms with Crippen LogP contribution in [-0.4, -0.2) is 4.98 Å². The molecule has 0 atom stereocenters. The SMILES string of the molecule is Cc1nc(Cl)cc(N)c1F. The summed E-state index contributed by atoms with van der Waals surface area (Å²) in [6.45, 7) is 1.51. The Morgan fingerprint density at radius 2 is 2.30 bits per heavy atom. The van der Waals surface area contributed by atoms with Gasteiger partial charge in [0.2, 0.25) is 0 Å². The fourth-order valence-corrected chi connectivity index (χ4v) is 0.886. The lowest BCUT2D eigenvalue weighted by Gasteiger charge is -1.98. The first-order valence-corrected chi connectivity index (χ1v) is 3.07. The molecule has 1 rings (SSSR count). The molecule has 1 heterocycles. The zero-order chi connectivity index (χ0) is 7.72. The first kappa shape index (κ1) is 7.28. The lowest BCUT2D eigenvalue weighted by Crippen LogP contribution is -1.95. The molecule has 0 spiro atoms. The minimum atomic E-state index is -0.496. The van der Waals surface area contributed by atoms with Crippen molar-refractivity contribution in [2.75, 3.05) is 5.73 Å². The third kappa shape index (κ3) is 1.19. The number of halogens is 2. The van der Waals surface area contributed by atoms with Gasteiger partial charge in [-0.05, 0) is 6.92 Å². The molecular weight excluding hydrogens is 155 g/mol. The fraction of sp³-hybridized carbons (Fsp3) is 0.167. The van der Waals surface area contributed by atoms with Crippen molar-refractivity contribution in [3.05, 3.63) is 22.7 Å². The van der Waals surface area contributed by atoms with E-state index in [1.165, 1.54) is 13.0 Å². The quantitative estimate of drug-likeness (QED) is 0.588. The Balaban J connectivity index is 3.31. The second-order valence-electron chi connectivity index (χ2n) is 1.93. The van der Waals surface area contributed by atoms with E-state index in [2.05, 4.69) is 4.98 Å². The van der Waals surface area contributed by atoms with Gasteiger partial charge in [-0.15, -0.1) is 0 Å². The molecule has 10 heavy (non-hydrogen) atoms. The molecule has 4 heteroatoms. The summed E-state index contributed by atoms with van der Waals surface area (Å²) in [7, 11) is 0. The first-order chi connectivity index (χ1) is 4.61. The van der Waals surface area contributed by atoms with Gasteiger partial charge < -0.3 is 5.73 Å². The monoisotopic (exact) mass is 160 g/mol. The average Bonchev–Trinajstić information content (AvgIpc) is 1.82. The van der Waals surface area contributed by atoms with Gasteiger partial charge in [0, 0.05) is 6.07 Å². The van der Waals surface area contributed by atoms with Gasteiger partial charge in [0.1, 0.15) is 5.15 Å². The molecule has 0 bridgehead atoms. The second kappa shape index (κ2) is 2.42. The number of nitrogen functional groups attached to an aromatic ring is 1. The predicted octanol–water partition coefficient (Wildman–Crippen LogP) is 1.76. The molecule has 54 valence electrons. The van der Waals surface area contributed by atoms with Gasteiger partial charge in [0.25, 0.3) is 0 Å². The van der Waals surface area contributed by atoms with Crippen LogP contribution in [0.1, 0.15) is 5.69 Å². The highest BCUT2D eigenvalue weighted by atomic mass is 35.5. The molecule has 0 unspecified atom stereocenters.